The van der Waals surface area contributed by atoms with E-state index in [1.165, 1.54) is 6.20 Å². The number of nitrogens with two attached hydrogens (primary N) is 1. The molecule has 6 nitrogen and oxygen atoms in total. The number of aromatic nitrogens is 1. The van der Waals surface area contributed by atoms with Crippen LogP contribution in [-0.2, 0) is 10.0 Å². The zero-order valence-electron chi connectivity index (χ0n) is 7.84. The minimum Gasteiger partial charge on any atom is -0.382 e. The second-order valence-electron chi connectivity index (χ2n) is 2.81. The Labute approximate surface area is 87.8 Å². The standard InChI is InChI=1S/C8H10N4O2S/c9-6-8-7(2-1-3-11-8)12-4-5-15(10,13)14/h1-3,12H,4-5H2,(H2,10,13,14). The van der Waals surface area contributed by atoms with Gasteiger partial charge >= 0.3 is 0 Å². The van der Waals surface area contributed by atoms with E-state index in [0.717, 1.165) is 0 Å². The second-order valence-corrected chi connectivity index (χ2v) is 4.54. The predicted octanol–water partition coefficient (Wildman–Crippen LogP) is -0.346. The predicted molar refractivity (Wildman–Crippen MR) is 55.4 cm³/mol. The van der Waals surface area contributed by atoms with Gasteiger partial charge in [0, 0.05) is 12.7 Å². The van der Waals surface area contributed by atoms with Gasteiger partial charge in [0.2, 0.25) is 10.0 Å². The number of hydrogen-bond donors (Lipinski definition) is 2. The molecule has 1 aromatic heterocycles. The fraction of sp³-hybridized carbons (Fsp3) is 0.250. The number of nitrogens with one attached hydrogen (secondary N) is 1. The normalized spacial score (nSPS) is 10.7. The van der Waals surface area contributed by atoms with Gasteiger partial charge in [-0.25, -0.2) is 18.5 Å². The van der Waals surface area contributed by atoms with Gasteiger partial charge in [-0.15, -0.1) is 0 Å². The summed E-state index contributed by atoms with van der Waals surface area (Å²) < 4.78 is 21.3. The molecule has 1 aromatic rings. The molecule has 0 saturated heterocycles. The smallest absolute Gasteiger partial charge is 0.210 e. The molecule has 15 heavy (non-hydrogen) atoms. The Kier molecular flexibility index (Phi) is 3.60. The van der Waals surface area contributed by atoms with E-state index in [0.29, 0.717) is 5.69 Å². The van der Waals surface area contributed by atoms with Crippen LogP contribution in [0.25, 0.3) is 0 Å². The van der Waals surface area contributed by atoms with Crippen LogP contribution in [0.1, 0.15) is 5.69 Å². The maximum Gasteiger partial charge on any atom is 0.210 e. The first-order chi connectivity index (χ1) is 7.03. The highest BCUT2D eigenvalue weighted by atomic mass is 32.2. The van der Waals surface area contributed by atoms with E-state index < -0.39 is 10.0 Å². The first-order valence-electron chi connectivity index (χ1n) is 4.12. The third kappa shape index (κ3) is 3.93. The highest BCUT2D eigenvalue weighted by molar-refractivity contribution is 7.89. The minimum absolute atomic E-state index is 0.152. The van der Waals surface area contributed by atoms with Gasteiger partial charge in [0.05, 0.1) is 11.4 Å². The number of sulfonamides is 1. The van der Waals surface area contributed by atoms with Crippen molar-refractivity contribution < 1.29 is 8.42 Å². The third-order valence-corrected chi connectivity index (χ3v) is 2.39. The fourth-order valence-electron chi connectivity index (χ4n) is 0.965. The highest BCUT2D eigenvalue weighted by Crippen LogP contribution is 2.09. The molecular formula is C8H10N4O2S. The van der Waals surface area contributed by atoms with Crippen LogP contribution in [0.2, 0.25) is 0 Å². The van der Waals surface area contributed by atoms with Gasteiger partial charge in [-0.2, -0.15) is 5.26 Å². The molecular weight excluding hydrogens is 216 g/mol. The highest BCUT2D eigenvalue weighted by Gasteiger charge is 2.04. The maximum atomic E-state index is 10.6. The largest absolute Gasteiger partial charge is 0.382 e. The van der Waals surface area contributed by atoms with Gasteiger partial charge in [-0.05, 0) is 12.1 Å². The van der Waals surface area contributed by atoms with Crippen molar-refractivity contribution >= 4 is 15.7 Å². The van der Waals surface area contributed by atoms with Crippen molar-refractivity contribution in [3.8, 4) is 6.07 Å². The minimum atomic E-state index is -3.48. The molecule has 0 saturated carbocycles. The number of primary sulfonamides is 1. The number of nitriles is 1. The summed E-state index contributed by atoms with van der Waals surface area (Å²) >= 11 is 0. The van der Waals surface area contributed by atoms with Crippen LogP contribution in [0.4, 0.5) is 5.69 Å². The topological polar surface area (TPSA) is 109 Å². The van der Waals surface area contributed by atoms with Crippen LogP contribution in [0.15, 0.2) is 18.3 Å². The van der Waals surface area contributed by atoms with Gasteiger partial charge in [0.25, 0.3) is 0 Å². The van der Waals surface area contributed by atoms with Crippen LogP contribution in [0, 0.1) is 11.3 Å². The van der Waals surface area contributed by atoms with Crippen LogP contribution in [0.3, 0.4) is 0 Å². The number of hydrogen-bond acceptors (Lipinski definition) is 5. The van der Waals surface area contributed by atoms with E-state index in [2.05, 4.69) is 10.3 Å². The summed E-state index contributed by atoms with van der Waals surface area (Å²) in [4.78, 5) is 3.81. The second kappa shape index (κ2) is 4.72. The fourth-order valence-corrected chi connectivity index (χ4v) is 1.35. The average molecular weight is 226 g/mol. The summed E-state index contributed by atoms with van der Waals surface area (Å²) in [6, 6.07) is 5.19. The molecule has 0 spiro atoms. The zero-order chi connectivity index (χ0) is 11.3. The Bertz CT molecular complexity index is 478. The van der Waals surface area contributed by atoms with Gasteiger partial charge in [-0.1, -0.05) is 0 Å². The molecule has 0 bridgehead atoms. The molecule has 0 aromatic carbocycles. The molecule has 0 aliphatic rings. The number of anilines is 1. The molecule has 0 unspecified atom stereocenters. The molecule has 80 valence electrons. The summed E-state index contributed by atoms with van der Waals surface area (Å²) in [5.41, 5.74) is 0.732. The van der Waals surface area contributed by atoms with Crippen molar-refractivity contribution in [2.75, 3.05) is 17.6 Å². The van der Waals surface area contributed by atoms with E-state index in [4.69, 9.17) is 10.4 Å². The summed E-state index contributed by atoms with van der Waals surface area (Å²) in [6.45, 7) is 0.152. The van der Waals surface area contributed by atoms with Crippen molar-refractivity contribution in [2.45, 2.75) is 0 Å². The van der Waals surface area contributed by atoms with E-state index in [1.54, 1.807) is 12.1 Å². The van der Waals surface area contributed by atoms with Crippen molar-refractivity contribution in [3.05, 3.63) is 24.0 Å². The van der Waals surface area contributed by atoms with Crippen LogP contribution in [0.5, 0.6) is 0 Å². The van der Waals surface area contributed by atoms with Gasteiger partial charge in [0.1, 0.15) is 6.07 Å². The van der Waals surface area contributed by atoms with E-state index in [1.807, 2.05) is 6.07 Å². The maximum absolute atomic E-state index is 10.6. The van der Waals surface area contributed by atoms with Crippen molar-refractivity contribution in [3.63, 3.8) is 0 Å². The Morgan fingerprint density at radius 2 is 2.33 bits per heavy atom. The number of rotatable bonds is 4. The zero-order valence-corrected chi connectivity index (χ0v) is 8.66. The lowest BCUT2D eigenvalue weighted by atomic mass is 10.3. The molecule has 1 heterocycles. The number of pyridine rings is 1. The molecule has 0 radical (unpaired) electrons. The van der Waals surface area contributed by atoms with Crippen molar-refractivity contribution in [1.82, 2.24) is 4.98 Å². The van der Waals surface area contributed by atoms with E-state index in [9.17, 15) is 8.42 Å². The molecule has 0 atom stereocenters. The lowest BCUT2D eigenvalue weighted by Crippen LogP contribution is -2.22. The van der Waals surface area contributed by atoms with Crippen LogP contribution < -0.4 is 10.5 Å². The first-order valence-corrected chi connectivity index (χ1v) is 5.84. The molecule has 7 heteroatoms. The quantitative estimate of drug-likeness (QED) is 0.729. The van der Waals surface area contributed by atoms with Crippen LogP contribution >= 0.6 is 0 Å². The molecule has 0 aliphatic carbocycles. The monoisotopic (exact) mass is 226 g/mol. The molecule has 1 rings (SSSR count). The Balaban J connectivity index is 2.63. The summed E-state index contributed by atoms with van der Waals surface area (Å²) in [6.07, 6.45) is 1.49. The van der Waals surface area contributed by atoms with Gasteiger partial charge in [0.15, 0.2) is 5.69 Å². The molecule has 0 fully saturated rings. The van der Waals surface area contributed by atoms with Gasteiger partial charge < -0.3 is 5.32 Å². The number of nitrogens with zero attached hydrogens (tertiary/aromatic N) is 2. The van der Waals surface area contributed by atoms with E-state index in [-0.39, 0.29) is 18.0 Å². The lowest BCUT2D eigenvalue weighted by Gasteiger charge is -2.05. The lowest BCUT2D eigenvalue weighted by molar-refractivity contribution is 0.598. The molecule has 0 aliphatic heterocycles. The Morgan fingerprint density at radius 3 is 2.93 bits per heavy atom. The van der Waals surface area contributed by atoms with Crippen molar-refractivity contribution in [2.24, 2.45) is 5.14 Å². The first kappa shape index (κ1) is 11.4. The van der Waals surface area contributed by atoms with Crippen molar-refractivity contribution in [1.29, 1.82) is 5.26 Å². The summed E-state index contributed by atoms with van der Waals surface area (Å²) in [5, 5.41) is 16.3. The van der Waals surface area contributed by atoms with Gasteiger partial charge in [-0.3, -0.25) is 0 Å². The molecule has 0 amide bonds. The Morgan fingerprint density at radius 1 is 1.60 bits per heavy atom. The average Bonchev–Trinajstić information content (AvgIpc) is 2.16. The summed E-state index contributed by atoms with van der Waals surface area (Å²) in [5.74, 6) is -0.188. The third-order valence-electron chi connectivity index (χ3n) is 1.62. The summed E-state index contributed by atoms with van der Waals surface area (Å²) in [7, 11) is -3.48. The van der Waals surface area contributed by atoms with Crippen LogP contribution in [-0.4, -0.2) is 25.7 Å². The Hall–Kier alpha value is -1.65. The van der Waals surface area contributed by atoms with E-state index >= 15 is 0 Å². The SMILES string of the molecule is N#Cc1ncccc1NCCS(N)(=O)=O. The molecule has 3 N–H and O–H groups in total.